The minimum absolute atomic E-state index is 0.0321. The summed E-state index contributed by atoms with van der Waals surface area (Å²) < 4.78 is 5.72. The number of unbranched alkanes of at least 4 members (excludes halogenated alkanes) is 3. The second-order valence-corrected chi connectivity index (χ2v) is 5.15. The van der Waals surface area contributed by atoms with E-state index in [0.29, 0.717) is 12.4 Å². The van der Waals surface area contributed by atoms with Gasteiger partial charge < -0.3 is 21.2 Å². The highest BCUT2D eigenvalue weighted by Crippen LogP contribution is 2.22. The van der Waals surface area contributed by atoms with Gasteiger partial charge in [-0.25, -0.2) is 4.98 Å². The van der Waals surface area contributed by atoms with Gasteiger partial charge in [-0.15, -0.1) is 0 Å². The van der Waals surface area contributed by atoms with Gasteiger partial charge in [-0.1, -0.05) is 38.3 Å². The fraction of sp³-hybridized carbons (Fsp3) is 0.375. The van der Waals surface area contributed by atoms with E-state index in [9.17, 15) is 4.79 Å². The molecule has 0 aliphatic heterocycles. The van der Waals surface area contributed by atoms with Crippen LogP contribution in [0.15, 0.2) is 29.1 Å². The van der Waals surface area contributed by atoms with Gasteiger partial charge in [-0.05, 0) is 18.6 Å². The molecule has 0 amide bonds. The first-order chi connectivity index (χ1) is 10.6. The molecule has 2 aromatic rings. The van der Waals surface area contributed by atoms with Crippen molar-refractivity contribution < 1.29 is 4.74 Å². The minimum Gasteiger partial charge on any atom is -0.494 e. The number of nitrogen functional groups attached to an aromatic ring is 2. The van der Waals surface area contributed by atoms with E-state index in [4.69, 9.17) is 16.2 Å². The fourth-order valence-electron chi connectivity index (χ4n) is 2.09. The second-order valence-electron chi connectivity index (χ2n) is 5.15. The van der Waals surface area contributed by atoms with Gasteiger partial charge in [0.1, 0.15) is 17.3 Å². The summed E-state index contributed by atoms with van der Waals surface area (Å²) in [4.78, 5) is 18.4. The highest BCUT2D eigenvalue weighted by molar-refractivity contribution is 5.64. The van der Waals surface area contributed by atoms with Gasteiger partial charge in [0, 0.05) is 5.56 Å². The highest BCUT2D eigenvalue weighted by atomic mass is 16.5. The lowest BCUT2D eigenvalue weighted by atomic mass is 10.2. The van der Waals surface area contributed by atoms with Crippen LogP contribution in [0.3, 0.4) is 0 Å². The summed E-state index contributed by atoms with van der Waals surface area (Å²) >= 11 is 0. The Morgan fingerprint density at radius 2 is 2.05 bits per heavy atom. The van der Waals surface area contributed by atoms with Crippen LogP contribution in [0.4, 0.5) is 11.5 Å². The predicted octanol–water partition coefficient (Wildman–Crippen LogP) is 2.56. The molecular weight excluding hydrogens is 280 g/mol. The zero-order chi connectivity index (χ0) is 15.9. The molecular formula is C16H22N4O2. The Morgan fingerprint density at radius 3 is 2.77 bits per heavy atom. The maximum absolute atomic E-state index is 11.7. The fourth-order valence-corrected chi connectivity index (χ4v) is 2.09. The lowest BCUT2D eigenvalue weighted by molar-refractivity contribution is 0.305. The Labute approximate surface area is 129 Å². The summed E-state index contributed by atoms with van der Waals surface area (Å²) in [5, 5.41) is 0. The molecule has 0 saturated carbocycles. The van der Waals surface area contributed by atoms with Gasteiger partial charge in [-0.3, -0.25) is 4.79 Å². The monoisotopic (exact) mass is 302 g/mol. The van der Waals surface area contributed by atoms with E-state index in [1.807, 2.05) is 24.3 Å². The highest BCUT2D eigenvalue weighted by Gasteiger charge is 2.08. The number of nitrogens with one attached hydrogen (secondary N) is 1. The molecule has 0 unspecified atom stereocenters. The van der Waals surface area contributed by atoms with E-state index >= 15 is 0 Å². The molecule has 0 fully saturated rings. The number of hydrogen-bond donors (Lipinski definition) is 3. The third-order valence-electron chi connectivity index (χ3n) is 3.36. The third-order valence-corrected chi connectivity index (χ3v) is 3.36. The van der Waals surface area contributed by atoms with Crippen LogP contribution in [0, 0.1) is 0 Å². The first-order valence-electron chi connectivity index (χ1n) is 7.50. The number of aromatic nitrogens is 2. The first kappa shape index (κ1) is 15.9. The van der Waals surface area contributed by atoms with Gasteiger partial charge in [0.2, 0.25) is 0 Å². The minimum atomic E-state index is -0.437. The molecule has 0 aliphatic carbocycles. The normalized spacial score (nSPS) is 10.6. The third kappa shape index (κ3) is 4.00. The summed E-state index contributed by atoms with van der Waals surface area (Å²) in [5.41, 5.74) is 11.4. The van der Waals surface area contributed by atoms with Crippen molar-refractivity contribution >= 4 is 11.5 Å². The average Bonchev–Trinajstić information content (AvgIpc) is 2.52. The molecule has 0 aliphatic rings. The van der Waals surface area contributed by atoms with Crippen molar-refractivity contribution in [2.45, 2.75) is 32.6 Å². The molecule has 1 aromatic heterocycles. The van der Waals surface area contributed by atoms with E-state index in [1.54, 1.807) is 0 Å². The first-order valence-corrected chi connectivity index (χ1v) is 7.50. The lowest BCUT2D eigenvalue weighted by Crippen LogP contribution is -2.17. The van der Waals surface area contributed by atoms with E-state index in [0.717, 1.165) is 17.7 Å². The summed E-state index contributed by atoms with van der Waals surface area (Å²) in [6.45, 7) is 2.85. The number of anilines is 2. The molecule has 0 radical (unpaired) electrons. The zero-order valence-corrected chi connectivity index (χ0v) is 12.8. The Bertz CT molecular complexity index is 682. The number of rotatable bonds is 7. The Morgan fingerprint density at radius 1 is 1.23 bits per heavy atom. The standard InChI is InChI=1S/C16H22N4O2/c1-2-3-4-5-9-22-12-8-6-7-11(10-12)15-19-14(18)13(17)16(21)20-15/h6-8,10H,2-5,9,17H2,1H3,(H3,18,19,20,21). The summed E-state index contributed by atoms with van der Waals surface area (Å²) in [5.74, 6) is 1.16. The maximum atomic E-state index is 11.7. The molecule has 5 N–H and O–H groups in total. The Kier molecular flexibility index (Phi) is 5.41. The predicted molar refractivity (Wildman–Crippen MR) is 88.8 cm³/mol. The molecule has 0 saturated heterocycles. The van der Waals surface area contributed by atoms with Crippen LogP contribution < -0.4 is 21.8 Å². The van der Waals surface area contributed by atoms with Gasteiger partial charge >= 0.3 is 0 Å². The molecule has 22 heavy (non-hydrogen) atoms. The molecule has 0 spiro atoms. The van der Waals surface area contributed by atoms with Crippen LogP contribution in [0.25, 0.3) is 11.4 Å². The number of aromatic amines is 1. The SMILES string of the molecule is CCCCCCOc1cccc(-c2nc(N)c(N)c(=O)[nH]2)c1. The number of nitrogens with zero attached hydrogens (tertiary/aromatic N) is 1. The number of nitrogens with two attached hydrogens (primary N) is 2. The number of ether oxygens (including phenoxy) is 1. The van der Waals surface area contributed by atoms with Crippen molar-refractivity contribution in [1.29, 1.82) is 0 Å². The molecule has 6 heteroatoms. The average molecular weight is 302 g/mol. The van der Waals surface area contributed by atoms with Crippen LogP contribution in [0.1, 0.15) is 32.6 Å². The van der Waals surface area contributed by atoms with Crippen LogP contribution in [-0.2, 0) is 0 Å². The van der Waals surface area contributed by atoms with Crippen LogP contribution in [0.2, 0.25) is 0 Å². The molecule has 1 aromatic carbocycles. The molecule has 6 nitrogen and oxygen atoms in total. The lowest BCUT2D eigenvalue weighted by Gasteiger charge is -2.08. The van der Waals surface area contributed by atoms with Gasteiger partial charge in [0.05, 0.1) is 6.61 Å². The van der Waals surface area contributed by atoms with Crippen molar-refractivity contribution in [3.8, 4) is 17.1 Å². The largest absolute Gasteiger partial charge is 0.494 e. The molecule has 0 atom stereocenters. The Balaban J connectivity index is 2.10. The molecule has 2 rings (SSSR count). The number of benzene rings is 1. The summed E-state index contributed by atoms with van der Waals surface area (Å²) in [6.07, 6.45) is 4.62. The van der Waals surface area contributed by atoms with Crippen LogP contribution in [-0.4, -0.2) is 16.6 Å². The number of hydrogen-bond acceptors (Lipinski definition) is 5. The van der Waals surface area contributed by atoms with E-state index in [1.165, 1.54) is 19.3 Å². The van der Waals surface area contributed by atoms with Crippen molar-refractivity contribution in [3.05, 3.63) is 34.6 Å². The van der Waals surface area contributed by atoms with E-state index in [-0.39, 0.29) is 11.5 Å². The quantitative estimate of drug-likeness (QED) is 0.681. The van der Waals surface area contributed by atoms with Crippen molar-refractivity contribution in [3.63, 3.8) is 0 Å². The van der Waals surface area contributed by atoms with Gasteiger partial charge in [0.25, 0.3) is 5.56 Å². The topological polar surface area (TPSA) is 107 Å². The van der Waals surface area contributed by atoms with Gasteiger partial charge in [0.15, 0.2) is 5.82 Å². The second kappa shape index (κ2) is 7.49. The van der Waals surface area contributed by atoms with E-state index < -0.39 is 5.56 Å². The summed E-state index contributed by atoms with van der Waals surface area (Å²) in [7, 11) is 0. The van der Waals surface area contributed by atoms with Crippen molar-refractivity contribution in [1.82, 2.24) is 9.97 Å². The molecule has 0 bridgehead atoms. The molecule has 118 valence electrons. The molecule has 1 heterocycles. The van der Waals surface area contributed by atoms with Gasteiger partial charge in [-0.2, -0.15) is 0 Å². The van der Waals surface area contributed by atoms with Crippen molar-refractivity contribution in [2.24, 2.45) is 0 Å². The smallest absolute Gasteiger partial charge is 0.276 e. The maximum Gasteiger partial charge on any atom is 0.276 e. The van der Waals surface area contributed by atoms with Crippen LogP contribution >= 0.6 is 0 Å². The Hall–Kier alpha value is -2.50. The summed E-state index contributed by atoms with van der Waals surface area (Å²) in [6, 6.07) is 7.39. The number of H-pyrrole nitrogens is 1. The van der Waals surface area contributed by atoms with Crippen LogP contribution in [0.5, 0.6) is 5.75 Å². The van der Waals surface area contributed by atoms with Crippen molar-refractivity contribution in [2.75, 3.05) is 18.1 Å². The van der Waals surface area contributed by atoms with E-state index in [2.05, 4.69) is 16.9 Å². The zero-order valence-electron chi connectivity index (χ0n) is 12.8.